The molecule has 0 saturated carbocycles. The van der Waals surface area contributed by atoms with Gasteiger partial charge in [0, 0.05) is 26.3 Å². The number of aromatic nitrogens is 6. The standard InChI is InChI=1S/C22H22F3N7O2/c1-30-16(8-11-26-30)14-34-17-4-2-15(3-5-17)21(33)9-12-31(13-10-21)19-7-6-18-27-28-20(22(23,24)25)32(18)29-19/h2-8,11,33H,9-10,12-14H2,1H3. The summed E-state index contributed by atoms with van der Waals surface area (Å²) in [4.78, 5) is 1.85. The molecule has 12 heteroatoms. The van der Waals surface area contributed by atoms with Gasteiger partial charge in [-0.15, -0.1) is 15.3 Å². The normalized spacial score (nSPS) is 16.2. The van der Waals surface area contributed by atoms with Crippen LogP contribution in [0.2, 0.25) is 0 Å². The molecule has 1 N–H and O–H groups in total. The summed E-state index contributed by atoms with van der Waals surface area (Å²) in [6.07, 6.45) is -2.15. The maximum atomic E-state index is 13.2. The molecule has 0 atom stereocenters. The van der Waals surface area contributed by atoms with Crippen LogP contribution in [-0.4, -0.2) is 47.8 Å². The molecule has 1 fully saturated rings. The smallest absolute Gasteiger partial charge is 0.453 e. The van der Waals surface area contributed by atoms with E-state index in [0.29, 0.717) is 48.6 Å². The van der Waals surface area contributed by atoms with Crippen molar-refractivity contribution in [3.63, 3.8) is 0 Å². The van der Waals surface area contributed by atoms with Gasteiger partial charge in [0.05, 0.1) is 11.3 Å². The Labute approximate surface area is 192 Å². The van der Waals surface area contributed by atoms with Crippen LogP contribution < -0.4 is 9.64 Å². The number of benzene rings is 1. The molecular weight excluding hydrogens is 451 g/mol. The Hall–Kier alpha value is -3.67. The Morgan fingerprint density at radius 3 is 2.41 bits per heavy atom. The molecule has 1 aromatic carbocycles. The van der Waals surface area contributed by atoms with E-state index in [4.69, 9.17) is 4.74 Å². The van der Waals surface area contributed by atoms with E-state index in [1.165, 1.54) is 6.07 Å². The molecule has 5 rings (SSSR count). The van der Waals surface area contributed by atoms with Crippen molar-refractivity contribution in [1.29, 1.82) is 0 Å². The summed E-state index contributed by atoms with van der Waals surface area (Å²) in [6.45, 7) is 1.24. The minimum absolute atomic E-state index is 0.0234. The number of hydrogen-bond acceptors (Lipinski definition) is 7. The molecule has 3 aromatic heterocycles. The number of fused-ring (bicyclic) bond motifs is 1. The van der Waals surface area contributed by atoms with Crippen LogP contribution in [0.15, 0.2) is 48.7 Å². The van der Waals surface area contributed by atoms with E-state index in [9.17, 15) is 18.3 Å². The Balaban J connectivity index is 1.25. The average Bonchev–Trinajstić information content (AvgIpc) is 3.44. The summed E-state index contributed by atoms with van der Waals surface area (Å²) in [5, 5.41) is 26.2. The van der Waals surface area contributed by atoms with Crippen LogP contribution in [0.1, 0.15) is 29.9 Å². The third kappa shape index (κ3) is 4.16. The van der Waals surface area contributed by atoms with Gasteiger partial charge in [0.1, 0.15) is 18.2 Å². The molecule has 4 aromatic rings. The molecule has 0 bridgehead atoms. The summed E-state index contributed by atoms with van der Waals surface area (Å²) in [5.41, 5.74) is 0.682. The van der Waals surface area contributed by atoms with Crippen molar-refractivity contribution < 1.29 is 23.0 Å². The van der Waals surface area contributed by atoms with Gasteiger partial charge in [-0.25, -0.2) is 0 Å². The van der Waals surface area contributed by atoms with E-state index < -0.39 is 17.6 Å². The first-order valence-electron chi connectivity index (χ1n) is 10.7. The van der Waals surface area contributed by atoms with Gasteiger partial charge in [0.25, 0.3) is 5.82 Å². The topological polar surface area (TPSA) is 93.6 Å². The minimum Gasteiger partial charge on any atom is -0.487 e. The first-order chi connectivity index (χ1) is 16.2. The predicted octanol–water partition coefficient (Wildman–Crippen LogP) is 2.94. The SMILES string of the molecule is Cn1nccc1COc1ccc(C2(O)CCN(c3ccc4nnc(C(F)(F)F)n4n3)CC2)cc1. The predicted molar refractivity (Wildman–Crippen MR) is 115 cm³/mol. The van der Waals surface area contributed by atoms with Crippen LogP contribution in [0.5, 0.6) is 5.75 Å². The lowest BCUT2D eigenvalue weighted by Crippen LogP contribution is -2.43. The van der Waals surface area contributed by atoms with E-state index in [2.05, 4.69) is 20.4 Å². The highest BCUT2D eigenvalue weighted by Crippen LogP contribution is 2.35. The number of piperidine rings is 1. The summed E-state index contributed by atoms with van der Waals surface area (Å²) in [7, 11) is 1.85. The van der Waals surface area contributed by atoms with Gasteiger partial charge in [-0.3, -0.25) is 4.68 Å². The lowest BCUT2D eigenvalue weighted by Gasteiger charge is -2.39. The van der Waals surface area contributed by atoms with Crippen LogP contribution in [-0.2, 0) is 25.4 Å². The largest absolute Gasteiger partial charge is 0.487 e. The minimum atomic E-state index is -4.65. The third-order valence-electron chi connectivity index (χ3n) is 6.12. The number of nitrogens with zero attached hydrogens (tertiary/aromatic N) is 7. The molecule has 0 unspecified atom stereocenters. The summed E-state index contributed by atoms with van der Waals surface area (Å²) >= 11 is 0. The van der Waals surface area contributed by atoms with Crippen molar-refractivity contribution in [2.45, 2.75) is 31.2 Å². The number of rotatable bonds is 5. The highest BCUT2D eigenvalue weighted by atomic mass is 19.4. The third-order valence-corrected chi connectivity index (χ3v) is 6.12. The second-order valence-corrected chi connectivity index (χ2v) is 8.26. The highest BCUT2D eigenvalue weighted by Gasteiger charge is 2.38. The van der Waals surface area contributed by atoms with Crippen LogP contribution in [0, 0.1) is 0 Å². The zero-order chi connectivity index (χ0) is 23.9. The number of aliphatic hydroxyl groups is 1. The zero-order valence-electron chi connectivity index (χ0n) is 18.3. The fourth-order valence-corrected chi connectivity index (χ4v) is 4.08. The first-order valence-corrected chi connectivity index (χ1v) is 10.7. The Morgan fingerprint density at radius 2 is 1.76 bits per heavy atom. The van der Waals surface area contributed by atoms with E-state index in [1.54, 1.807) is 16.9 Å². The molecule has 0 spiro atoms. The van der Waals surface area contributed by atoms with E-state index in [0.717, 1.165) is 11.3 Å². The van der Waals surface area contributed by atoms with Crippen molar-refractivity contribution in [3.8, 4) is 5.75 Å². The number of aryl methyl sites for hydroxylation is 1. The molecule has 0 aliphatic carbocycles. The Morgan fingerprint density at radius 1 is 1.03 bits per heavy atom. The summed E-state index contributed by atoms with van der Waals surface area (Å²) < 4.78 is 47.7. The number of alkyl halides is 3. The van der Waals surface area contributed by atoms with Gasteiger partial charge >= 0.3 is 6.18 Å². The van der Waals surface area contributed by atoms with Crippen LogP contribution in [0.25, 0.3) is 5.65 Å². The first kappa shape index (κ1) is 22.1. The average molecular weight is 473 g/mol. The van der Waals surface area contributed by atoms with Crippen molar-refractivity contribution in [2.75, 3.05) is 18.0 Å². The zero-order valence-corrected chi connectivity index (χ0v) is 18.3. The van der Waals surface area contributed by atoms with Crippen molar-refractivity contribution in [1.82, 2.24) is 29.6 Å². The molecule has 1 aliphatic rings. The number of anilines is 1. The van der Waals surface area contributed by atoms with E-state index >= 15 is 0 Å². The fourth-order valence-electron chi connectivity index (χ4n) is 4.08. The Bertz CT molecular complexity index is 1290. The van der Waals surface area contributed by atoms with Crippen molar-refractivity contribution >= 4 is 11.5 Å². The van der Waals surface area contributed by atoms with Crippen molar-refractivity contribution in [3.05, 3.63) is 65.7 Å². The lowest BCUT2D eigenvalue weighted by atomic mass is 9.84. The molecule has 1 saturated heterocycles. The van der Waals surface area contributed by atoms with Crippen LogP contribution >= 0.6 is 0 Å². The maximum Gasteiger partial charge on any atom is 0.453 e. The van der Waals surface area contributed by atoms with E-state index in [-0.39, 0.29) is 5.65 Å². The number of halogens is 3. The molecule has 178 valence electrons. The van der Waals surface area contributed by atoms with Gasteiger partial charge in [-0.1, -0.05) is 12.1 Å². The van der Waals surface area contributed by atoms with Gasteiger partial charge < -0.3 is 14.7 Å². The molecule has 4 heterocycles. The summed E-state index contributed by atoms with van der Waals surface area (Å²) in [5.74, 6) is -0.111. The van der Waals surface area contributed by atoms with Crippen molar-refractivity contribution in [2.24, 2.45) is 7.05 Å². The highest BCUT2D eigenvalue weighted by molar-refractivity contribution is 5.46. The monoisotopic (exact) mass is 473 g/mol. The summed E-state index contributed by atoms with van der Waals surface area (Å²) in [6, 6.07) is 12.3. The molecule has 0 amide bonds. The van der Waals surface area contributed by atoms with Crippen LogP contribution in [0.4, 0.5) is 19.0 Å². The second kappa shape index (κ2) is 8.28. The molecule has 0 radical (unpaired) electrons. The van der Waals surface area contributed by atoms with Gasteiger partial charge in [0.15, 0.2) is 5.65 Å². The molecule has 9 nitrogen and oxygen atoms in total. The Kier molecular flexibility index (Phi) is 5.39. The fraction of sp³-hybridized carbons (Fsp3) is 0.364. The lowest BCUT2D eigenvalue weighted by molar-refractivity contribution is -0.146. The maximum absolute atomic E-state index is 13.2. The van der Waals surface area contributed by atoms with Gasteiger partial charge in [-0.2, -0.15) is 22.8 Å². The molecule has 34 heavy (non-hydrogen) atoms. The second-order valence-electron chi connectivity index (χ2n) is 8.26. The van der Waals surface area contributed by atoms with Gasteiger partial charge in [-0.05, 0) is 48.7 Å². The number of ether oxygens (including phenoxy) is 1. The molecular formula is C22H22F3N7O2. The van der Waals surface area contributed by atoms with Gasteiger partial charge in [0.2, 0.25) is 0 Å². The quantitative estimate of drug-likeness (QED) is 0.476. The molecule has 1 aliphatic heterocycles. The van der Waals surface area contributed by atoms with Crippen LogP contribution in [0.3, 0.4) is 0 Å². The van der Waals surface area contributed by atoms with E-state index in [1.807, 2.05) is 42.3 Å². The number of hydrogen-bond donors (Lipinski definition) is 1.